The zero-order valence-electron chi connectivity index (χ0n) is 13.3. The number of aliphatic hydroxyl groups is 1. The van der Waals surface area contributed by atoms with E-state index >= 15 is 0 Å². The topological polar surface area (TPSA) is 55.8 Å². The average Bonchev–Trinajstić information content (AvgIpc) is 2.45. The Bertz CT molecular complexity index is 283. The summed E-state index contributed by atoms with van der Waals surface area (Å²) in [6.07, 6.45) is 4.73. The number of urea groups is 1. The molecule has 1 heterocycles. The lowest BCUT2D eigenvalue weighted by molar-refractivity contribution is 0.0933. The van der Waals surface area contributed by atoms with Crippen LogP contribution in [0.5, 0.6) is 0 Å². The maximum absolute atomic E-state index is 12.1. The van der Waals surface area contributed by atoms with Gasteiger partial charge in [0.15, 0.2) is 0 Å². The van der Waals surface area contributed by atoms with Crippen LogP contribution in [0, 0.1) is 0 Å². The molecular formula is C15H31N3O2. The van der Waals surface area contributed by atoms with Crippen molar-refractivity contribution in [2.75, 3.05) is 39.3 Å². The summed E-state index contributed by atoms with van der Waals surface area (Å²) in [5.41, 5.74) is -0.00677. The molecule has 118 valence electrons. The fourth-order valence-corrected chi connectivity index (χ4v) is 2.72. The number of piperidine rings is 1. The minimum atomic E-state index is -0.0639. The van der Waals surface area contributed by atoms with E-state index in [1.165, 1.54) is 19.3 Å². The van der Waals surface area contributed by atoms with Gasteiger partial charge in [-0.05, 0) is 46.2 Å². The molecule has 0 aliphatic carbocycles. The molecule has 0 bridgehead atoms. The highest BCUT2D eigenvalue weighted by atomic mass is 16.3. The number of likely N-dealkylation sites (tertiary alicyclic amines) is 1. The Balaban J connectivity index is 2.44. The Morgan fingerprint density at radius 3 is 2.45 bits per heavy atom. The van der Waals surface area contributed by atoms with Crippen molar-refractivity contribution < 1.29 is 9.90 Å². The maximum Gasteiger partial charge on any atom is 0.317 e. The predicted octanol–water partition coefficient (Wildman–Crippen LogP) is 1.66. The van der Waals surface area contributed by atoms with E-state index in [2.05, 4.69) is 24.1 Å². The van der Waals surface area contributed by atoms with Crippen LogP contribution in [0.2, 0.25) is 0 Å². The number of aliphatic hydroxyl groups excluding tert-OH is 1. The van der Waals surface area contributed by atoms with Crippen molar-refractivity contribution in [1.29, 1.82) is 0 Å². The minimum absolute atomic E-state index is 0.00677. The lowest BCUT2D eigenvalue weighted by Gasteiger charge is -2.41. The van der Waals surface area contributed by atoms with Crippen LogP contribution in [0.3, 0.4) is 0 Å². The van der Waals surface area contributed by atoms with Gasteiger partial charge in [0.25, 0.3) is 0 Å². The SMILES string of the molecule is CCCN(CCO)C(=O)NCC(C)(C)N1CCCCC1. The van der Waals surface area contributed by atoms with Gasteiger partial charge in [-0.2, -0.15) is 0 Å². The third-order valence-corrected chi connectivity index (χ3v) is 4.04. The monoisotopic (exact) mass is 285 g/mol. The fraction of sp³-hybridized carbons (Fsp3) is 0.933. The Labute approximate surface area is 123 Å². The lowest BCUT2D eigenvalue weighted by Crippen LogP contribution is -2.55. The lowest BCUT2D eigenvalue weighted by atomic mass is 9.98. The molecule has 0 aromatic rings. The van der Waals surface area contributed by atoms with Crippen molar-refractivity contribution in [3.8, 4) is 0 Å². The number of nitrogens with one attached hydrogen (secondary N) is 1. The van der Waals surface area contributed by atoms with Gasteiger partial charge in [0.2, 0.25) is 0 Å². The Morgan fingerprint density at radius 2 is 1.90 bits per heavy atom. The van der Waals surface area contributed by atoms with Crippen LogP contribution < -0.4 is 5.32 Å². The van der Waals surface area contributed by atoms with Gasteiger partial charge in [-0.1, -0.05) is 13.3 Å². The molecule has 0 spiro atoms. The number of rotatable bonds is 7. The second-order valence-electron chi connectivity index (χ2n) is 6.23. The standard InChI is InChI=1S/C15H31N3O2/c1-4-8-17(11-12-19)14(20)16-13-15(2,3)18-9-6-5-7-10-18/h19H,4-13H2,1-3H3,(H,16,20). The normalized spacial score (nSPS) is 17.0. The van der Waals surface area contributed by atoms with Gasteiger partial charge in [0.1, 0.15) is 0 Å². The molecule has 20 heavy (non-hydrogen) atoms. The van der Waals surface area contributed by atoms with Crippen molar-refractivity contribution in [2.24, 2.45) is 0 Å². The summed E-state index contributed by atoms with van der Waals surface area (Å²) < 4.78 is 0. The summed E-state index contributed by atoms with van der Waals surface area (Å²) in [7, 11) is 0. The zero-order valence-corrected chi connectivity index (χ0v) is 13.3. The third-order valence-electron chi connectivity index (χ3n) is 4.04. The summed E-state index contributed by atoms with van der Waals surface area (Å²) in [5.74, 6) is 0. The van der Waals surface area contributed by atoms with Crippen LogP contribution in [0.4, 0.5) is 4.79 Å². The van der Waals surface area contributed by atoms with Crippen molar-refractivity contribution in [2.45, 2.75) is 52.0 Å². The van der Waals surface area contributed by atoms with E-state index < -0.39 is 0 Å². The Kier molecular flexibility index (Phi) is 7.30. The Morgan fingerprint density at radius 1 is 1.25 bits per heavy atom. The molecule has 1 aliphatic rings. The van der Waals surface area contributed by atoms with E-state index in [1.54, 1.807) is 4.90 Å². The first-order valence-electron chi connectivity index (χ1n) is 7.90. The number of carbonyl (C=O) groups is 1. The smallest absolute Gasteiger partial charge is 0.317 e. The maximum atomic E-state index is 12.1. The van der Waals surface area contributed by atoms with Crippen LogP contribution >= 0.6 is 0 Å². The van der Waals surface area contributed by atoms with E-state index in [4.69, 9.17) is 5.11 Å². The molecule has 2 amide bonds. The first-order valence-corrected chi connectivity index (χ1v) is 7.90. The molecule has 1 aliphatic heterocycles. The van der Waals surface area contributed by atoms with Gasteiger partial charge in [-0.25, -0.2) is 4.79 Å². The highest BCUT2D eigenvalue weighted by molar-refractivity contribution is 5.74. The molecule has 1 rings (SSSR count). The molecule has 0 aromatic carbocycles. The van der Waals surface area contributed by atoms with Crippen molar-refractivity contribution in [3.63, 3.8) is 0 Å². The van der Waals surface area contributed by atoms with E-state index in [0.29, 0.717) is 19.6 Å². The van der Waals surface area contributed by atoms with Crippen LogP contribution in [0.1, 0.15) is 46.5 Å². The molecule has 0 unspecified atom stereocenters. The van der Waals surface area contributed by atoms with Gasteiger partial charge >= 0.3 is 6.03 Å². The fourth-order valence-electron chi connectivity index (χ4n) is 2.72. The van der Waals surface area contributed by atoms with Crippen molar-refractivity contribution in [1.82, 2.24) is 15.1 Å². The summed E-state index contributed by atoms with van der Waals surface area (Å²) in [4.78, 5) is 16.3. The molecule has 0 radical (unpaired) electrons. The second-order valence-corrected chi connectivity index (χ2v) is 6.23. The van der Waals surface area contributed by atoms with Crippen LogP contribution in [0.15, 0.2) is 0 Å². The Hall–Kier alpha value is -0.810. The molecular weight excluding hydrogens is 254 g/mol. The molecule has 0 atom stereocenters. The first kappa shape index (κ1) is 17.2. The van der Waals surface area contributed by atoms with E-state index in [-0.39, 0.29) is 18.2 Å². The zero-order chi connectivity index (χ0) is 15.0. The average molecular weight is 285 g/mol. The number of carbonyl (C=O) groups excluding carboxylic acids is 1. The number of hydrogen-bond donors (Lipinski definition) is 2. The van der Waals surface area contributed by atoms with Gasteiger partial charge in [0.05, 0.1) is 6.61 Å². The van der Waals surface area contributed by atoms with Crippen molar-refractivity contribution >= 4 is 6.03 Å². The highest BCUT2D eigenvalue weighted by Gasteiger charge is 2.28. The van der Waals surface area contributed by atoms with Crippen LogP contribution in [0.25, 0.3) is 0 Å². The molecule has 1 fully saturated rings. The molecule has 5 heteroatoms. The molecule has 2 N–H and O–H groups in total. The summed E-state index contributed by atoms with van der Waals surface area (Å²) in [6, 6.07) is -0.0639. The van der Waals surface area contributed by atoms with Gasteiger partial charge < -0.3 is 15.3 Å². The number of amides is 2. The summed E-state index contributed by atoms with van der Waals surface area (Å²) >= 11 is 0. The second kappa shape index (κ2) is 8.47. The van der Waals surface area contributed by atoms with Gasteiger partial charge in [-0.15, -0.1) is 0 Å². The van der Waals surface area contributed by atoms with Gasteiger partial charge in [0, 0.05) is 25.2 Å². The molecule has 0 saturated carbocycles. The predicted molar refractivity (Wildman–Crippen MR) is 81.9 cm³/mol. The van der Waals surface area contributed by atoms with E-state index in [1.807, 2.05) is 6.92 Å². The molecule has 5 nitrogen and oxygen atoms in total. The molecule has 0 aromatic heterocycles. The molecule has 1 saturated heterocycles. The van der Waals surface area contributed by atoms with Gasteiger partial charge in [-0.3, -0.25) is 4.90 Å². The number of nitrogens with zero attached hydrogens (tertiary/aromatic N) is 2. The third kappa shape index (κ3) is 5.29. The van der Waals surface area contributed by atoms with Crippen LogP contribution in [-0.2, 0) is 0 Å². The van der Waals surface area contributed by atoms with Crippen molar-refractivity contribution in [3.05, 3.63) is 0 Å². The number of hydrogen-bond acceptors (Lipinski definition) is 3. The first-order chi connectivity index (χ1) is 9.51. The van der Waals surface area contributed by atoms with E-state index in [9.17, 15) is 4.79 Å². The highest BCUT2D eigenvalue weighted by Crippen LogP contribution is 2.19. The summed E-state index contributed by atoms with van der Waals surface area (Å²) in [6.45, 7) is 10.4. The summed E-state index contributed by atoms with van der Waals surface area (Å²) in [5, 5.41) is 12.0. The quantitative estimate of drug-likeness (QED) is 0.748. The van der Waals surface area contributed by atoms with E-state index in [0.717, 1.165) is 19.5 Å². The van der Waals surface area contributed by atoms with Crippen LogP contribution in [-0.4, -0.2) is 65.8 Å². The minimum Gasteiger partial charge on any atom is -0.395 e. The largest absolute Gasteiger partial charge is 0.395 e.